The van der Waals surface area contributed by atoms with Crippen molar-refractivity contribution in [2.75, 3.05) is 18.0 Å². The summed E-state index contributed by atoms with van der Waals surface area (Å²) in [6.45, 7) is 4.46. The summed E-state index contributed by atoms with van der Waals surface area (Å²) < 4.78 is 0. The molecule has 2 heterocycles. The number of rotatable bonds is 3. The zero-order valence-electron chi connectivity index (χ0n) is 9.69. The summed E-state index contributed by atoms with van der Waals surface area (Å²) in [5, 5.41) is 8.70. The highest BCUT2D eigenvalue weighted by atomic mass is 15.2. The van der Waals surface area contributed by atoms with Crippen LogP contribution in [0.3, 0.4) is 0 Å². The van der Waals surface area contributed by atoms with Gasteiger partial charge in [-0.1, -0.05) is 13.3 Å². The molecule has 1 aromatic rings. The zero-order chi connectivity index (χ0) is 11.4. The minimum Gasteiger partial charge on any atom is -0.356 e. The number of nitrogens with zero attached hydrogens (tertiary/aromatic N) is 3. The van der Waals surface area contributed by atoms with Crippen LogP contribution in [0.25, 0.3) is 0 Å². The maximum Gasteiger partial charge on any atom is 0.128 e. The highest BCUT2D eigenvalue weighted by Gasteiger charge is 2.22. The van der Waals surface area contributed by atoms with E-state index >= 15 is 0 Å². The summed E-state index contributed by atoms with van der Waals surface area (Å²) in [6.07, 6.45) is 5.50. The van der Waals surface area contributed by atoms with Crippen LogP contribution in [-0.4, -0.2) is 18.1 Å². The fourth-order valence-corrected chi connectivity index (χ4v) is 2.32. The monoisotopic (exact) mass is 215 g/mol. The molecule has 0 bridgehead atoms. The molecule has 1 aliphatic rings. The molecule has 0 radical (unpaired) electrons. The average molecular weight is 215 g/mol. The van der Waals surface area contributed by atoms with Gasteiger partial charge in [-0.2, -0.15) is 5.26 Å². The van der Waals surface area contributed by atoms with Crippen molar-refractivity contribution in [1.29, 1.82) is 5.26 Å². The first kappa shape index (κ1) is 10.9. The van der Waals surface area contributed by atoms with E-state index < -0.39 is 0 Å². The molecule has 16 heavy (non-hydrogen) atoms. The van der Waals surface area contributed by atoms with E-state index in [1.807, 2.05) is 12.1 Å². The van der Waals surface area contributed by atoms with Gasteiger partial charge in [0, 0.05) is 19.3 Å². The highest BCUT2D eigenvalue weighted by molar-refractivity contribution is 5.42. The van der Waals surface area contributed by atoms with Crippen LogP contribution < -0.4 is 4.90 Å². The first-order valence-electron chi connectivity index (χ1n) is 5.94. The van der Waals surface area contributed by atoms with Crippen LogP contribution in [0.1, 0.15) is 31.7 Å². The lowest BCUT2D eigenvalue weighted by Gasteiger charge is -2.17. The Morgan fingerprint density at radius 2 is 2.44 bits per heavy atom. The van der Waals surface area contributed by atoms with Gasteiger partial charge in [0.05, 0.1) is 5.56 Å². The lowest BCUT2D eigenvalue weighted by molar-refractivity contribution is 0.529. The van der Waals surface area contributed by atoms with Gasteiger partial charge in [-0.15, -0.1) is 0 Å². The second kappa shape index (κ2) is 4.98. The molecule has 0 N–H and O–H groups in total. The molecule has 0 aliphatic carbocycles. The second-order valence-corrected chi connectivity index (χ2v) is 4.41. The van der Waals surface area contributed by atoms with E-state index in [9.17, 15) is 0 Å². The molecule has 1 unspecified atom stereocenters. The van der Waals surface area contributed by atoms with Crippen LogP contribution in [0.5, 0.6) is 0 Å². The molecule has 0 spiro atoms. The quantitative estimate of drug-likeness (QED) is 0.778. The predicted molar refractivity (Wildman–Crippen MR) is 64.2 cm³/mol. The molecular weight excluding hydrogens is 198 g/mol. The standard InChI is InChI=1S/C13H17N3/c1-2-3-11-6-7-16(10-11)13-5-4-12(8-14)9-15-13/h4-5,9,11H,2-3,6-7,10H2,1H3. The second-order valence-electron chi connectivity index (χ2n) is 4.41. The molecule has 1 fully saturated rings. The van der Waals surface area contributed by atoms with E-state index in [1.165, 1.54) is 19.3 Å². The maximum atomic E-state index is 8.70. The Morgan fingerprint density at radius 1 is 1.56 bits per heavy atom. The van der Waals surface area contributed by atoms with Gasteiger partial charge in [0.2, 0.25) is 0 Å². The number of nitriles is 1. The van der Waals surface area contributed by atoms with Crippen molar-refractivity contribution in [2.45, 2.75) is 26.2 Å². The summed E-state index contributed by atoms with van der Waals surface area (Å²) in [6, 6.07) is 5.89. The van der Waals surface area contributed by atoms with Gasteiger partial charge >= 0.3 is 0 Å². The van der Waals surface area contributed by atoms with Gasteiger partial charge in [-0.3, -0.25) is 0 Å². The van der Waals surface area contributed by atoms with Crippen LogP contribution >= 0.6 is 0 Å². The summed E-state index contributed by atoms with van der Waals surface area (Å²) in [4.78, 5) is 6.65. The van der Waals surface area contributed by atoms with Crippen LogP contribution in [0.2, 0.25) is 0 Å². The van der Waals surface area contributed by atoms with Crippen LogP contribution in [0.4, 0.5) is 5.82 Å². The SMILES string of the molecule is CCCC1CCN(c2ccc(C#N)cn2)C1. The lowest BCUT2D eigenvalue weighted by Crippen LogP contribution is -2.20. The lowest BCUT2D eigenvalue weighted by atomic mass is 10.0. The summed E-state index contributed by atoms with van der Waals surface area (Å²) in [5.41, 5.74) is 0.632. The zero-order valence-corrected chi connectivity index (χ0v) is 9.69. The van der Waals surface area contributed by atoms with E-state index in [2.05, 4.69) is 22.9 Å². The van der Waals surface area contributed by atoms with Gasteiger partial charge in [0.15, 0.2) is 0 Å². The molecule has 84 valence electrons. The van der Waals surface area contributed by atoms with E-state index in [1.54, 1.807) is 6.20 Å². The number of aromatic nitrogens is 1. The molecule has 1 aliphatic heterocycles. The molecule has 1 atom stereocenters. The Balaban J connectivity index is 2.00. The molecule has 1 aromatic heterocycles. The maximum absolute atomic E-state index is 8.70. The molecular formula is C13H17N3. The van der Waals surface area contributed by atoms with Gasteiger partial charge in [-0.05, 0) is 30.9 Å². The van der Waals surface area contributed by atoms with Crippen molar-refractivity contribution in [3.05, 3.63) is 23.9 Å². The van der Waals surface area contributed by atoms with Crippen molar-refractivity contribution in [3.63, 3.8) is 0 Å². The minimum atomic E-state index is 0.632. The molecule has 0 amide bonds. The number of hydrogen-bond acceptors (Lipinski definition) is 3. The predicted octanol–water partition coefficient (Wildman–Crippen LogP) is 2.58. The fourth-order valence-electron chi connectivity index (χ4n) is 2.32. The molecule has 3 nitrogen and oxygen atoms in total. The van der Waals surface area contributed by atoms with Crippen molar-refractivity contribution < 1.29 is 0 Å². The smallest absolute Gasteiger partial charge is 0.128 e. The molecule has 0 aromatic carbocycles. The Morgan fingerprint density at radius 3 is 3.06 bits per heavy atom. The van der Waals surface area contributed by atoms with E-state index in [4.69, 9.17) is 5.26 Å². The number of hydrogen-bond donors (Lipinski definition) is 0. The van der Waals surface area contributed by atoms with Gasteiger partial charge in [0.1, 0.15) is 11.9 Å². The van der Waals surface area contributed by atoms with Gasteiger partial charge < -0.3 is 4.90 Å². The van der Waals surface area contributed by atoms with Crippen molar-refractivity contribution in [1.82, 2.24) is 4.98 Å². The van der Waals surface area contributed by atoms with Crippen molar-refractivity contribution in [3.8, 4) is 6.07 Å². The van der Waals surface area contributed by atoms with Crippen molar-refractivity contribution >= 4 is 5.82 Å². The largest absolute Gasteiger partial charge is 0.356 e. The summed E-state index contributed by atoms with van der Waals surface area (Å²) in [5.74, 6) is 1.83. The Hall–Kier alpha value is -1.56. The molecule has 1 saturated heterocycles. The molecule has 3 heteroatoms. The van der Waals surface area contributed by atoms with E-state index in [0.717, 1.165) is 24.8 Å². The van der Waals surface area contributed by atoms with Crippen LogP contribution in [0, 0.1) is 17.2 Å². The summed E-state index contributed by atoms with van der Waals surface area (Å²) >= 11 is 0. The third-order valence-electron chi connectivity index (χ3n) is 3.18. The Labute approximate surface area is 96.7 Å². The topological polar surface area (TPSA) is 39.9 Å². The number of anilines is 1. The first-order chi connectivity index (χ1) is 7.83. The minimum absolute atomic E-state index is 0.632. The Bertz CT molecular complexity index is 377. The summed E-state index contributed by atoms with van der Waals surface area (Å²) in [7, 11) is 0. The van der Waals surface area contributed by atoms with Crippen LogP contribution in [0.15, 0.2) is 18.3 Å². The number of pyridine rings is 1. The first-order valence-corrected chi connectivity index (χ1v) is 5.94. The van der Waals surface area contributed by atoms with Crippen molar-refractivity contribution in [2.24, 2.45) is 5.92 Å². The van der Waals surface area contributed by atoms with Crippen LogP contribution in [-0.2, 0) is 0 Å². The van der Waals surface area contributed by atoms with E-state index in [0.29, 0.717) is 5.56 Å². The molecule has 0 saturated carbocycles. The normalized spacial score (nSPS) is 19.8. The Kier molecular flexibility index (Phi) is 3.40. The molecule has 2 rings (SSSR count). The highest BCUT2D eigenvalue weighted by Crippen LogP contribution is 2.24. The van der Waals surface area contributed by atoms with E-state index in [-0.39, 0.29) is 0 Å². The average Bonchev–Trinajstić information content (AvgIpc) is 2.78. The van der Waals surface area contributed by atoms with Gasteiger partial charge in [-0.25, -0.2) is 4.98 Å². The third-order valence-corrected chi connectivity index (χ3v) is 3.18. The van der Waals surface area contributed by atoms with Gasteiger partial charge in [0.25, 0.3) is 0 Å². The third kappa shape index (κ3) is 2.33. The fraction of sp³-hybridized carbons (Fsp3) is 0.538.